The standard InChI is InChI=1S/C17H15FN4O2/c1-23-13-8-4-5-9-14(13)24-17-15(19)16(20-10-21-17)22-12-7-3-2-6-11(12)18/h2-10H,19H2,1H3,(H,20,21,22). The number of benzene rings is 2. The zero-order chi connectivity index (χ0) is 16.9. The van der Waals surface area contributed by atoms with Crippen molar-refractivity contribution in [1.29, 1.82) is 0 Å². The van der Waals surface area contributed by atoms with Gasteiger partial charge in [0.15, 0.2) is 17.3 Å². The number of para-hydroxylation sites is 3. The fraction of sp³-hybridized carbons (Fsp3) is 0.0588. The summed E-state index contributed by atoms with van der Waals surface area (Å²) in [6.07, 6.45) is 1.28. The lowest BCUT2D eigenvalue weighted by molar-refractivity contribution is 0.374. The van der Waals surface area contributed by atoms with Gasteiger partial charge in [0.1, 0.15) is 17.8 Å². The number of rotatable bonds is 5. The van der Waals surface area contributed by atoms with Gasteiger partial charge in [-0.25, -0.2) is 9.37 Å². The van der Waals surface area contributed by atoms with E-state index in [1.807, 2.05) is 6.07 Å². The number of methoxy groups -OCH3 is 1. The Hall–Kier alpha value is -3.35. The fourth-order valence-corrected chi connectivity index (χ4v) is 2.06. The van der Waals surface area contributed by atoms with Crippen LogP contribution in [0.4, 0.5) is 21.6 Å². The third-order valence-electron chi connectivity index (χ3n) is 3.25. The average Bonchev–Trinajstić information content (AvgIpc) is 2.61. The van der Waals surface area contributed by atoms with Gasteiger partial charge in [-0.15, -0.1) is 0 Å². The molecule has 6 nitrogen and oxygen atoms in total. The molecule has 0 aliphatic heterocycles. The molecule has 0 spiro atoms. The van der Waals surface area contributed by atoms with Crippen LogP contribution < -0.4 is 20.5 Å². The first-order valence-electron chi connectivity index (χ1n) is 7.12. The highest BCUT2D eigenvalue weighted by Crippen LogP contribution is 2.35. The SMILES string of the molecule is COc1ccccc1Oc1ncnc(Nc2ccccc2F)c1N. The molecule has 1 heterocycles. The topological polar surface area (TPSA) is 82.3 Å². The second-order valence-corrected chi connectivity index (χ2v) is 4.80. The van der Waals surface area contributed by atoms with Crippen LogP contribution in [0.2, 0.25) is 0 Å². The van der Waals surface area contributed by atoms with E-state index < -0.39 is 5.82 Å². The van der Waals surface area contributed by atoms with Crippen LogP contribution in [0.25, 0.3) is 0 Å². The monoisotopic (exact) mass is 326 g/mol. The van der Waals surface area contributed by atoms with Crippen LogP contribution in [0.1, 0.15) is 0 Å². The van der Waals surface area contributed by atoms with Crippen molar-refractivity contribution in [2.24, 2.45) is 0 Å². The summed E-state index contributed by atoms with van der Waals surface area (Å²) >= 11 is 0. The molecule has 24 heavy (non-hydrogen) atoms. The molecule has 0 aliphatic carbocycles. The number of nitrogens with zero attached hydrogens (tertiary/aromatic N) is 2. The molecule has 2 aromatic carbocycles. The van der Waals surface area contributed by atoms with Gasteiger partial charge in [-0.1, -0.05) is 24.3 Å². The van der Waals surface area contributed by atoms with Gasteiger partial charge in [-0.2, -0.15) is 4.98 Å². The van der Waals surface area contributed by atoms with Crippen LogP contribution in [-0.4, -0.2) is 17.1 Å². The van der Waals surface area contributed by atoms with E-state index in [4.69, 9.17) is 15.2 Å². The van der Waals surface area contributed by atoms with Gasteiger partial charge in [0.25, 0.3) is 0 Å². The predicted molar refractivity (Wildman–Crippen MR) is 89.2 cm³/mol. The Bertz CT molecular complexity index is 857. The Morgan fingerprint density at radius 2 is 1.71 bits per heavy atom. The lowest BCUT2D eigenvalue weighted by Crippen LogP contribution is -2.04. The summed E-state index contributed by atoms with van der Waals surface area (Å²) in [5, 5.41) is 2.83. The first-order valence-corrected chi connectivity index (χ1v) is 7.12. The van der Waals surface area contributed by atoms with E-state index in [2.05, 4.69) is 15.3 Å². The zero-order valence-electron chi connectivity index (χ0n) is 12.9. The molecular formula is C17H15FN4O2. The van der Waals surface area contributed by atoms with Crippen LogP contribution in [0.15, 0.2) is 54.9 Å². The fourth-order valence-electron chi connectivity index (χ4n) is 2.06. The van der Waals surface area contributed by atoms with E-state index in [9.17, 15) is 4.39 Å². The second-order valence-electron chi connectivity index (χ2n) is 4.80. The third kappa shape index (κ3) is 3.19. The Kier molecular flexibility index (Phi) is 4.42. The van der Waals surface area contributed by atoms with E-state index in [0.29, 0.717) is 11.5 Å². The number of halogens is 1. The molecule has 0 unspecified atom stereocenters. The smallest absolute Gasteiger partial charge is 0.248 e. The third-order valence-corrected chi connectivity index (χ3v) is 3.25. The van der Waals surface area contributed by atoms with Crippen LogP contribution in [0.3, 0.4) is 0 Å². The highest BCUT2D eigenvalue weighted by Gasteiger charge is 2.13. The maximum atomic E-state index is 13.8. The Morgan fingerprint density at radius 3 is 2.46 bits per heavy atom. The average molecular weight is 326 g/mol. The number of nitrogen functional groups attached to an aromatic ring is 1. The molecule has 3 N–H and O–H groups in total. The molecule has 122 valence electrons. The quantitative estimate of drug-likeness (QED) is 0.743. The molecule has 0 aliphatic rings. The summed E-state index contributed by atoms with van der Waals surface area (Å²) in [6.45, 7) is 0. The minimum absolute atomic E-state index is 0.147. The van der Waals surface area contributed by atoms with E-state index in [1.54, 1.807) is 36.4 Å². The van der Waals surface area contributed by atoms with Gasteiger partial charge in [-0.05, 0) is 24.3 Å². The number of hydrogen-bond donors (Lipinski definition) is 2. The summed E-state index contributed by atoms with van der Waals surface area (Å²) in [5.74, 6) is 0.984. The minimum Gasteiger partial charge on any atom is -0.493 e. The van der Waals surface area contributed by atoms with Crippen molar-refractivity contribution in [2.75, 3.05) is 18.2 Å². The molecule has 1 aromatic heterocycles. The first-order chi connectivity index (χ1) is 11.7. The maximum absolute atomic E-state index is 13.8. The lowest BCUT2D eigenvalue weighted by atomic mass is 10.3. The number of nitrogens with two attached hydrogens (primary N) is 1. The van der Waals surface area contributed by atoms with Crippen molar-refractivity contribution < 1.29 is 13.9 Å². The molecular weight excluding hydrogens is 311 g/mol. The number of aromatic nitrogens is 2. The zero-order valence-corrected chi connectivity index (χ0v) is 12.9. The Morgan fingerprint density at radius 1 is 1.00 bits per heavy atom. The van der Waals surface area contributed by atoms with Crippen molar-refractivity contribution in [1.82, 2.24) is 9.97 Å². The summed E-state index contributed by atoms with van der Waals surface area (Å²) in [4.78, 5) is 8.06. The molecule has 0 radical (unpaired) electrons. The van der Waals surface area contributed by atoms with Crippen LogP contribution in [0, 0.1) is 5.82 Å². The Balaban J connectivity index is 1.90. The summed E-state index contributed by atoms with van der Waals surface area (Å²) in [7, 11) is 1.54. The molecule has 0 bridgehead atoms. The summed E-state index contributed by atoms with van der Waals surface area (Å²) < 4.78 is 24.7. The molecule has 0 saturated heterocycles. The largest absolute Gasteiger partial charge is 0.493 e. The van der Waals surface area contributed by atoms with Gasteiger partial charge in [-0.3, -0.25) is 0 Å². The number of ether oxygens (including phenoxy) is 2. The molecule has 3 rings (SSSR count). The number of anilines is 3. The molecule has 0 atom stereocenters. The lowest BCUT2D eigenvalue weighted by Gasteiger charge is -2.13. The van der Waals surface area contributed by atoms with Gasteiger partial charge in [0.05, 0.1) is 12.8 Å². The Labute approximate surface area is 138 Å². The normalized spacial score (nSPS) is 10.2. The second kappa shape index (κ2) is 6.82. The van der Waals surface area contributed by atoms with Crippen molar-refractivity contribution >= 4 is 17.2 Å². The summed E-state index contributed by atoms with van der Waals surface area (Å²) in [5.41, 5.74) is 6.46. The van der Waals surface area contributed by atoms with Crippen molar-refractivity contribution in [2.45, 2.75) is 0 Å². The van der Waals surface area contributed by atoms with E-state index in [1.165, 1.54) is 19.5 Å². The highest BCUT2D eigenvalue weighted by atomic mass is 19.1. The van der Waals surface area contributed by atoms with Crippen LogP contribution in [0.5, 0.6) is 17.4 Å². The van der Waals surface area contributed by atoms with E-state index in [-0.39, 0.29) is 23.1 Å². The van der Waals surface area contributed by atoms with Gasteiger partial charge in [0.2, 0.25) is 5.88 Å². The molecule has 0 amide bonds. The number of hydrogen-bond acceptors (Lipinski definition) is 6. The molecule has 3 aromatic rings. The van der Waals surface area contributed by atoms with Gasteiger partial charge >= 0.3 is 0 Å². The van der Waals surface area contributed by atoms with E-state index >= 15 is 0 Å². The maximum Gasteiger partial charge on any atom is 0.248 e. The van der Waals surface area contributed by atoms with Crippen molar-refractivity contribution in [3.8, 4) is 17.4 Å². The predicted octanol–water partition coefficient (Wildman–Crippen LogP) is 3.74. The van der Waals surface area contributed by atoms with Gasteiger partial charge in [0, 0.05) is 0 Å². The van der Waals surface area contributed by atoms with E-state index in [0.717, 1.165) is 0 Å². The minimum atomic E-state index is -0.414. The van der Waals surface area contributed by atoms with Crippen LogP contribution >= 0.6 is 0 Å². The van der Waals surface area contributed by atoms with Gasteiger partial charge < -0.3 is 20.5 Å². The number of nitrogens with one attached hydrogen (secondary N) is 1. The highest BCUT2D eigenvalue weighted by molar-refractivity contribution is 5.72. The summed E-state index contributed by atoms with van der Waals surface area (Å²) in [6, 6.07) is 13.3. The van der Waals surface area contributed by atoms with Crippen molar-refractivity contribution in [3.05, 3.63) is 60.7 Å². The molecule has 7 heteroatoms. The van der Waals surface area contributed by atoms with Crippen LogP contribution in [-0.2, 0) is 0 Å². The first kappa shape index (κ1) is 15.5. The molecule has 0 saturated carbocycles. The van der Waals surface area contributed by atoms with Crippen molar-refractivity contribution in [3.63, 3.8) is 0 Å². The molecule has 0 fully saturated rings.